The van der Waals surface area contributed by atoms with Gasteiger partial charge in [-0.25, -0.2) is 0 Å². The molecule has 0 aliphatic carbocycles. The van der Waals surface area contributed by atoms with Gasteiger partial charge in [0.1, 0.15) is 0 Å². The number of aliphatic hydroxyl groups is 1. The molecule has 70 valence electrons. The van der Waals surface area contributed by atoms with Crippen LogP contribution in [0.5, 0.6) is 0 Å². The molecule has 0 spiro atoms. The van der Waals surface area contributed by atoms with Gasteiger partial charge in [0.25, 0.3) is 5.69 Å². The highest BCUT2D eigenvalue weighted by Gasteiger charge is 2.16. The highest BCUT2D eigenvalue weighted by atomic mass is 16.6. The number of rotatable bonds is 2. The summed E-state index contributed by atoms with van der Waals surface area (Å²) < 4.78 is 0. The smallest absolute Gasteiger partial charge is 0.275 e. The molecule has 0 bridgehead atoms. The molecule has 4 nitrogen and oxygen atoms in total. The Labute approximate surface area is 76.0 Å². The van der Waals surface area contributed by atoms with Crippen LogP contribution in [-0.2, 0) is 6.61 Å². The molecule has 0 heterocycles. The Morgan fingerprint density at radius 1 is 1.46 bits per heavy atom. The Hall–Kier alpha value is -1.42. The zero-order valence-corrected chi connectivity index (χ0v) is 7.57. The predicted octanol–water partition coefficient (Wildman–Crippen LogP) is 1.70. The molecule has 0 saturated heterocycles. The van der Waals surface area contributed by atoms with Crippen LogP contribution in [-0.4, -0.2) is 10.0 Å². The fourth-order valence-electron chi connectivity index (χ4n) is 1.33. The van der Waals surface area contributed by atoms with Gasteiger partial charge in [0.05, 0.1) is 11.5 Å². The van der Waals surface area contributed by atoms with Gasteiger partial charge in [0, 0.05) is 11.1 Å². The van der Waals surface area contributed by atoms with Gasteiger partial charge in [-0.1, -0.05) is 12.1 Å². The molecule has 1 N–H and O–H groups in total. The van der Waals surface area contributed by atoms with Crippen LogP contribution in [0.25, 0.3) is 0 Å². The topological polar surface area (TPSA) is 63.4 Å². The average molecular weight is 181 g/mol. The van der Waals surface area contributed by atoms with E-state index in [-0.39, 0.29) is 12.3 Å². The van der Waals surface area contributed by atoms with Crippen LogP contribution < -0.4 is 0 Å². The summed E-state index contributed by atoms with van der Waals surface area (Å²) in [5.41, 5.74) is 1.89. The molecule has 0 radical (unpaired) electrons. The first-order chi connectivity index (χ1) is 6.07. The van der Waals surface area contributed by atoms with Gasteiger partial charge in [-0.2, -0.15) is 0 Å². The number of benzene rings is 1. The lowest BCUT2D eigenvalue weighted by molar-refractivity contribution is -0.386. The molecule has 1 aromatic rings. The van der Waals surface area contributed by atoms with E-state index in [2.05, 4.69) is 0 Å². The third-order valence-electron chi connectivity index (χ3n) is 2.10. The molecule has 0 aliphatic heterocycles. The summed E-state index contributed by atoms with van der Waals surface area (Å²) >= 11 is 0. The Balaban J connectivity index is 3.38. The number of hydrogen-bond acceptors (Lipinski definition) is 3. The summed E-state index contributed by atoms with van der Waals surface area (Å²) in [5.74, 6) is 0. The van der Waals surface area contributed by atoms with Crippen molar-refractivity contribution >= 4 is 5.69 Å². The first-order valence-corrected chi connectivity index (χ1v) is 3.92. The minimum Gasteiger partial charge on any atom is -0.392 e. The van der Waals surface area contributed by atoms with Crippen LogP contribution >= 0.6 is 0 Å². The van der Waals surface area contributed by atoms with E-state index < -0.39 is 4.92 Å². The molecule has 0 saturated carbocycles. The number of aryl methyl sites for hydroxylation is 1. The number of hydrogen-bond donors (Lipinski definition) is 1. The van der Waals surface area contributed by atoms with E-state index in [0.29, 0.717) is 16.7 Å². The van der Waals surface area contributed by atoms with Crippen molar-refractivity contribution in [1.82, 2.24) is 0 Å². The van der Waals surface area contributed by atoms with Crippen molar-refractivity contribution in [2.45, 2.75) is 20.5 Å². The number of aliphatic hydroxyl groups excluding tert-OH is 1. The predicted molar refractivity (Wildman–Crippen MR) is 48.5 cm³/mol. The van der Waals surface area contributed by atoms with Gasteiger partial charge in [-0.05, 0) is 19.4 Å². The summed E-state index contributed by atoms with van der Waals surface area (Å²) in [4.78, 5) is 10.2. The second-order valence-electron chi connectivity index (χ2n) is 2.93. The molecule has 0 atom stereocenters. The van der Waals surface area contributed by atoms with Gasteiger partial charge < -0.3 is 5.11 Å². The molecule has 13 heavy (non-hydrogen) atoms. The first-order valence-electron chi connectivity index (χ1n) is 3.92. The highest BCUT2D eigenvalue weighted by Crippen LogP contribution is 2.25. The Bertz CT molecular complexity index is 347. The summed E-state index contributed by atoms with van der Waals surface area (Å²) in [6, 6.07) is 3.36. The standard InChI is InChI=1S/C9H11NO3/c1-6-3-4-8(5-11)7(2)9(6)10(12)13/h3-4,11H,5H2,1-2H3. The average Bonchev–Trinajstić information content (AvgIpc) is 2.04. The zero-order valence-electron chi connectivity index (χ0n) is 7.57. The maximum absolute atomic E-state index is 10.6. The maximum atomic E-state index is 10.6. The molecule has 0 aromatic heterocycles. The highest BCUT2D eigenvalue weighted by molar-refractivity contribution is 5.50. The molecule has 4 heteroatoms. The quantitative estimate of drug-likeness (QED) is 0.558. The minimum absolute atomic E-state index is 0.103. The van der Waals surface area contributed by atoms with E-state index in [1.807, 2.05) is 0 Å². The van der Waals surface area contributed by atoms with Crippen molar-refractivity contribution in [2.75, 3.05) is 0 Å². The van der Waals surface area contributed by atoms with Gasteiger partial charge in [-0.3, -0.25) is 10.1 Å². The SMILES string of the molecule is Cc1ccc(CO)c(C)c1[N+](=O)[O-]. The van der Waals surface area contributed by atoms with Crippen molar-refractivity contribution in [3.63, 3.8) is 0 Å². The fourth-order valence-corrected chi connectivity index (χ4v) is 1.33. The van der Waals surface area contributed by atoms with Crippen molar-refractivity contribution in [3.8, 4) is 0 Å². The molecule has 0 fully saturated rings. The Morgan fingerprint density at radius 2 is 2.08 bits per heavy atom. The molecule has 1 aromatic carbocycles. The van der Waals surface area contributed by atoms with E-state index in [1.54, 1.807) is 26.0 Å². The number of nitro groups is 1. The lowest BCUT2D eigenvalue weighted by atomic mass is 10.0. The van der Waals surface area contributed by atoms with Gasteiger partial charge in [0.2, 0.25) is 0 Å². The fraction of sp³-hybridized carbons (Fsp3) is 0.333. The molecular formula is C9H11NO3. The lowest BCUT2D eigenvalue weighted by Crippen LogP contribution is -1.98. The molecule has 1 rings (SSSR count). The van der Waals surface area contributed by atoms with E-state index in [4.69, 9.17) is 5.11 Å². The molecule has 0 amide bonds. The normalized spacial score (nSPS) is 10.1. The van der Waals surface area contributed by atoms with Gasteiger partial charge in [0.15, 0.2) is 0 Å². The summed E-state index contributed by atoms with van der Waals surface area (Å²) in [5, 5.41) is 19.5. The summed E-state index contributed by atoms with van der Waals surface area (Å²) in [7, 11) is 0. The molecule has 0 unspecified atom stereocenters. The minimum atomic E-state index is -0.413. The number of nitrogens with zero attached hydrogens (tertiary/aromatic N) is 1. The Morgan fingerprint density at radius 3 is 2.54 bits per heavy atom. The van der Waals surface area contributed by atoms with Crippen molar-refractivity contribution in [1.29, 1.82) is 0 Å². The number of nitro benzene ring substituents is 1. The van der Waals surface area contributed by atoms with Crippen LogP contribution in [0.15, 0.2) is 12.1 Å². The maximum Gasteiger partial charge on any atom is 0.275 e. The van der Waals surface area contributed by atoms with Crippen molar-refractivity contribution in [2.24, 2.45) is 0 Å². The summed E-state index contributed by atoms with van der Waals surface area (Å²) in [6.07, 6.45) is 0. The van der Waals surface area contributed by atoms with E-state index in [1.165, 1.54) is 0 Å². The van der Waals surface area contributed by atoms with Crippen molar-refractivity contribution < 1.29 is 10.0 Å². The lowest BCUT2D eigenvalue weighted by Gasteiger charge is -2.05. The van der Waals surface area contributed by atoms with Crippen LogP contribution in [0, 0.1) is 24.0 Å². The first kappa shape index (κ1) is 9.67. The van der Waals surface area contributed by atoms with Crippen LogP contribution in [0.3, 0.4) is 0 Å². The summed E-state index contributed by atoms with van der Waals surface area (Å²) in [6.45, 7) is 3.18. The molecular weight excluding hydrogens is 170 g/mol. The van der Waals surface area contributed by atoms with E-state index in [9.17, 15) is 10.1 Å². The van der Waals surface area contributed by atoms with Crippen LogP contribution in [0.4, 0.5) is 5.69 Å². The zero-order chi connectivity index (χ0) is 10.0. The Kier molecular flexibility index (Phi) is 2.63. The molecule has 0 aliphatic rings. The third-order valence-corrected chi connectivity index (χ3v) is 2.10. The van der Waals surface area contributed by atoms with Gasteiger partial charge in [-0.15, -0.1) is 0 Å². The monoisotopic (exact) mass is 181 g/mol. The second-order valence-corrected chi connectivity index (χ2v) is 2.93. The third kappa shape index (κ3) is 1.67. The largest absolute Gasteiger partial charge is 0.392 e. The van der Waals surface area contributed by atoms with Crippen molar-refractivity contribution in [3.05, 3.63) is 38.9 Å². The van der Waals surface area contributed by atoms with E-state index in [0.717, 1.165) is 0 Å². The van der Waals surface area contributed by atoms with Crippen LogP contribution in [0.2, 0.25) is 0 Å². The van der Waals surface area contributed by atoms with E-state index >= 15 is 0 Å². The van der Waals surface area contributed by atoms with Gasteiger partial charge >= 0.3 is 0 Å². The van der Waals surface area contributed by atoms with Crippen LogP contribution in [0.1, 0.15) is 16.7 Å². The second kappa shape index (κ2) is 3.53.